The van der Waals surface area contributed by atoms with Crippen LogP contribution in [0.4, 0.5) is 0 Å². The number of thioether (sulfide) groups is 1. The molecule has 0 fully saturated rings. The summed E-state index contributed by atoms with van der Waals surface area (Å²) in [6, 6.07) is 4.26. The molecule has 0 aromatic heterocycles. The highest BCUT2D eigenvalue weighted by atomic mass is 32.2. The average Bonchev–Trinajstić information content (AvgIpc) is 2.10. The number of nitrogens with zero attached hydrogens (tertiary/aromatic N) is 2. The van der Waals surface area contributed by atoms with Crippen molar-refractivity contribution in [3.8, 4) is 12.1 Å². The number of rotatable bonds is 2. The average molecular weight is 239 g/mol. The minimum Gasteiger partial charge on any atom is -0.319 e. The highest BCUT2D eigenvalue weighted by Gasteiger charge is 2.46. The number of hydrogen-bond donors (Lipinski definition) is 1. The molecule has 0 aliphatic carbocycles. The van der Waals surface area contributed by atoms with E-state index < -0.39 is 10.2 Å². The Hall–Kier alpha value is -0.710. The van der Waals surface area contributed by atoms with Crippen LogP contribution in [0.5, 0.6) is 0 Å². The van der Waals surface area contributed by atoms with Gasteiger partial charge in [-0.1, -0.05) is 41.5 Å². The minimum absolute atomic E-state index is 0.130. The molecule has 2 N–H and O–H groups in total. The van der Waals surface area contributed by atoms with Crippen LogP contribution < -0.4 is 5.73 Å². The molecule has 0 amide bonds. The molecule has 0 aliphatic heterocycles. The SMILES string of the molecule is CC(C)(C)C(N)SC(C#N)(C#N)C(C)(C)C. The third kappa shape index (κ3) is 3.14. The highest BCUT2D eigenvalue weighted by Crippen LogP contribution is 2.45. The van der Waals surface area contributed by atoms with E-state index in [1.807, 2.05) is 41.5 Å². The Morgan fingerprint density at radius 3 is 1.56 bits per heavy atom. The molecular weight excluding hydrogens is 218 g/mol. The molecular formula is C12H21N3S. The lowest BCUT2D eigenvalue weighted by Gasteiger charge is -2.37. The van der Waals surface area contributed by atoms with Gasteiger partial charge in [-0.3, -0.25) is 0 Å². The van der Waals surface area contributed by atoms with Gasteiger partial charge in [-0.25, -0.2) is 0 Å². The first kappa shape index (κ1) is 15.3. The minimum atomic E-state index is -1.10. The summed E-state index contributed by atoms with van der Waals surface area (Å²) < 4.78 is -1.10. The van der Waals surface area contributed by atoms with Crippen molar-refractivity contribution in [1.82, 2.24) is 0 Å². The quantitative estimate of drug-likeness (QED) is 0.752. The molecule has 16 heavy (non-hydrogen) atoms. The number of nitriles is 2. The van der Waals surface area contributed by atoms with Gasteiger partial charge in [0, 0.05) is 5.41 Å². The summed E-state index contributed by atoms with van der Waals surface area (Å²) in [5.74, 6) is 0. The van der Waals surface area contributed by atoms with Crippen LogP contribution in [0.3, 0.4) is 0 Å². The van der Waals surface area contributed by atoms with Crippen molar-refractivity contribution < 1.29 is 0 Å². The van der Waals surface area contributed by atoms with Crippen LogP contribution >= 0.6 is 11.8 Å². The first-order valence-corrected chi connectivity index (χ1v) is 6.14. The summed E-state index contributed by atoms with van der Waals surface area (Å²) in [4.78, 5) is 0. The number of hydrogen-bond acceptors (Lipinski definition) is 4. The molecule has 0 aliphatic rings. The van der Waals surface area contributed by atoms with E-state index in [2.05, 4.69) is 12.1 Å². The zero-order valence-electron chi connectivity index (χ0n) is 11.0. The van der Waals surface area contributed by atoms with Gasteiger partial charge in [0.2, 0.25) is 0 Å². The van der Waals surface area contributed by atoms with Crippen molar-refractivity contribution in [2.75, 3.05) is 0 Å². The van der Waals surface area contributed by atoms with Crippen molar-refractivity contribution in [1.29, 1.82) is 10.5 Å². The first-order chi connectivity index (χ1) is 7.00. The largest absolute Gasteiger partial charge is 0.319 e. The Morgan fingerprint density at radius 1 is 1.00 bits per heavy atom. The first-order valence-electron chi connectivity index (χ1n) is 5.26. The van der Waals surface area contributed by atoms with Crippen molar-refractivity contribution in [2.24, 2.45) is 16.6 Å². The van der Waals surface area contributed by atoms with Crippen LogP contribution in [-0.2, 0) is 0 Å². The fraction of sp³-hybridized carbons (Fsp3) is 0.833. The lowest BCUT2D eigenvalue weighted by Crippen LogP contribution is -2.43. The van der Waals surface area contributed by atoms with E-state index >= 15 is 0 Å². The van der Waals surface area contributed by atoms with Crippen molar-refractivity contribution in [3.05, 3.63) is 0 Å². The van der Waals surface area contributed by atoms with Gasteiger partial charge in [-0.2, -0.15) is 10.5 Å². The van der Waals surface area contributed by atoms with E-state index in [9.17, 15) is 10.5 Å². The summed E-state index contributed by atoms with van der Waals surface area (Å²) in [7, 11) is 0. The van der Waals surface area contributed by atoms with Gasteiger partial charge in [-0.05, 0) is 5.41 Å². The van der Waals surface area contributed by atoms with Gasteiger partial charge < -0.3 is 5.73 Å². The van der Waals surface area contributed by atoms with Crippen molar-refractivity contribution >= 4 is 11.8 Å². The lowest BCUT2D eigenvalue weighted by atomic mass is 9.82. The molecule has 4 heteroatoms. The van der Waals surface area contributed by atoms with Gasteiger partial charge >= 0.3 is 0 Å². The zero-order valence-corrected chi connectivity index (χ0v) is 11.8. The van der Waals surface area contributed by atoms with Crippen LogP contribution in [0.1, 0.15) is 41.5 Å². The Bertz CT molecular complexity index is 308. The molecule has 0 spiro atoms. The molecule has 1 unspecified atom stereocenters. The second-order valence-corrected chi connectivity index (χ2v) is 7.42. The lowest BCUT2D eigenvalue weighted by molar-refractivity contribution is 0.369. The zero-order chi connectivity index (χ0) is 13.2. The third-order valence-electron chi connectivity index (χ3n) is 2.53. The van der Waals surface area contributed by atoms with Gasteiger partial charge in [-0.15, -0.1) is 11.8 Å². The van der Waals surface area contributed by atoms with Crippen LogP contribution in [0, 0.1) is 33.5 Å². The molecule has 3 nitrogen and oxygen atoms in total. The molecule has 0 saturated carbocycles. The standard InChI is InChI=1S/C12H21N3S/c1-10(2,3)9(15)16-12(7-13,8-14)11(4,5)6/h9H,15H2,1-6H3. The Morgan fingerprint density at radius 2 is 1.38 bits per heavy atom. The van der Waals surface area contributed by atoms with Crippen LogP contribution in [0.2, 0.25) is 0 Å². The Kier molecular flexibility index (Phi) is 4.45. The van der Waals surface area contributed by atoms with Crippen LogP contribution in [0.25, 0.3) is 0 Å². The summed E-state index contributed by atoms with van der Waals surface area (Å²) in [5.41, 5.74) is 5.49. The molecule has 0 aromatic rings. The molecule has 1 atom stereocenters. The Balaban J connectivity index is 5.18. The summed E-state index contributed by atoms with van der Waals surface area (Å²) >= 11 is 1.26. The van der Waals surface area contributed by atoms with E-state index in [1.165, 1.54) is 11.8 Å². The topological polar surface area (TPSA) is 73.6 Å². The summed E-state index contributed by atoms with van der Waals surface area (Å²) in [6.07, 6.45) is 0. The predicted octanol–water partition coefficient (Wildman–Crippen LogP) is 2.88. The second-order valence-electron chi connectivity index (χ2n) is 6.06. The fourth-order valence-electron chi connectivity index (χ4n) is 0.957. The monoisotopic (exact) mass is 239 g/mol. The van der Waals surface area contributed by atoms with E-state index in [1.54, 1.807) is 0 Å². The van der Waals surface area contributed by atoms with E-state index in [0.717, 1.165) is 0 Å². The highest BCUT2D eigenvalue weighted by molar-refractivity contribution is 8.01. The maximum atomic E-state index is 9.28. The Labute approximate surface area is 103 Å². The molecule has 0 aromatic carbocycles. The van der Waals surface area contributed by atoms with E-state index in [0.29, 0.717) is 0 Å². The molecule has 0 radical (unpaired) electrons. The normalized spacial score (nSPS) is 15.1. The van der Waals surface area contributed by atoms with E-state index in [4.69, 9.17) is 5.73 Å². The van der Waals surface area contributed by atoms with Gasteiger partial charge in [0.05, 0.1) is 17.5 Å². The molecule has 90 valence electrons. The summed E-state index contributed by atoms with van der Waals surface area (Å²) in [6.45, 7) is 11.7. The second kappa shape index (κ2) is 4.65. The molecule has 0 rings (SSSR count). The van der Waals surface area contributed by atoms with E-state index in [-0.39, 0.29) is 10.8 Å². The van der Waals surface area contributed by atoms with Crippen molar-refractivity contribution in [3.63, 3.8) is 0 Å². The van der Waals surface area contributed by atoms with Crippen LogP contribution in [-0.4, -0.2) is 10.1 Å². The molecule has 0 heterocycles. The summed E-state index contributed by atoms with van der Waals surface area (Å²) in [5, 5.41) is 18.3. The van der Waals surface area contributed by atoms with Gasteiger partial charge in [0.15, 0.2) is 4.75 Å². The predicted molar refractivity (Wildman–Crippen MR) is 68.4 cm³/mol. The third-order valence-corrected chi connectivity index (χ3v) is 4.64. The van der Waals surface area contributed by atoms with Crippen molar-refractivity contribution in [2.45, 2.75) is 51.7 Å². The van der Waals surface area contributed by atoms with Crippen LogP contribution in [0.15, 0.2) is 0 Å². The molecule has 0 bridgehead atoms. The molecule has 0 saturated heterocycles. The maximum Gasteiger partial charge on any atom is 0.195 e. The maximum absolute atomic E-state index is 9.28. The number of nitrogens with two attached hydrogens (primary N) is 1. The smallest absolute Gasteiger partial charge is 0.195 e. The van der Waals surface area contributed by atoms with Gasteiger partial charge in [0.25, 0.3) is 0 Å². The fourth-order valence-corrected chi connectivity index (χ4v) is 2.15. The van der Waals surface area contributed by atoms with Gasteiger partial charge in [0.1, 0.15) is 0 Å².